The highest BCUT2D eigenvalue weighted by Gasteiger charge is 2.31. The van der Waals surface area contributed by atoms with Gasteiger partial charge in [-0.1, -0.05) is 37.8 Å². The molecule has 1 saturated heterocycles. The van der Waals surface area contributed by atoms with Gasteiger partial charge in [0.2, 0.25) is 0 Å². The monoisotopic (exact) mass is 424 g/mol. The van der Waals surface area contributed by atoms with E-state index in [9.17, 15) is 9.59 Å². The first-order chi connectivity index (χ1) is 14.0. The number of methoxy groups -OCH3 is 1. The van der Waals surface area contributed by atoms with Crippen LogP contribution in [0.4, 0.5) is 10.5 Å². The minimum atomic E-state index is -0.586. The number of benzene rings is 1. The van der Waals surface area contributed by atoms with E-state index in [-0.39, 0.29) is 18.6 Å². The van der Waals surface area contributed by atoms with Crippen molar-refractivity contribution in [3.63, 3.8) is 0 Å². The van der Waals surface area contributed by atoms with Gasteiger partial charge in [-0.05, 0) is 50.3 Å². The molecule has 2 amide bonds. The van der Waals surface area contributed by atoms with Gasteiger partial charge >= 0.3 is 6.09 Å². The summed E-state index contributed by atoms with van der Waals surface area (Å²) in [7, 11) is 1.54. The maximum atomic E-state index is 13.1. The molecular formula is C22H33ClN2O4. The van der Waals surface area contributed by atoms with Crippen LogP contribution in [0.25, 0.3) is 0 Å². The van der Waals surface area contributed by atoms with Crippen LogP contribution < -0.4 is 5.32 Å². The number of amides is 2. The van der Waals surface area contributed by atoms with Crippen molar-refractivity contribution < 1.29 is 19.1 Å². The Morgan fingerprint density at radius 3 is 2.76 bits per heavy atom. The summed E-state index contributed by atoms with van der Waals surface area (Å²) >= 11 is 6.38. The number of nitrogens with zero attached hydrogens (tertiary/aromatic N) is 1. The molecule has 1 heterocycles. The van der Waals surface area contributed by atoms with Gasteiger partial charge in [-0.2, -0.15) is 0 Å². The van der Waals surface area contributed by atoms with Crippen molar-refractivity contribution in [3.8, 4) is 0 Å². The lowest BCUT2D eigenvalue weighted by Crippen LogP contribution is -2.46. The highest BCUT2D eigenvalue weighted by molar-refractivity contribution is 6.34. The Bertz CT molecular complexity index is 683. The molecule has 29 heavy (non-hydrogen) atoms. The number of ether oxygens (including phenoxy) is 2. The number of rotatable bonds is 9. The molecule has 1 fully saturated rings. The highest BCUT2D eigenvalue weighted by atomic mass is 35.5. The Hall–Kier alpha value is -1.79. The van der Waals surface area contributed by atoms with Crippen molar-refractivity contribution in [2.75, 3.05) is 32.2 Å². The van der Waals surface area contributed by atoms with Crippen LogP contribution in [0.15, 0.2) is 18.2 Å². The molecule has 0 bridgehead atoms. The van der Waals surface area contributed by atoms with Crippen LogP contribution in [0.1, 0.15) is 62.7 Å². The SMILES string of the molecule is CCCCCC1CCCN(C(=O)c2ccc(NC(=O)OCCOC)cc2Cl)C1C. The topological polar surface area (TPSA) is 67.9 Å². The van der Waals surface area contributed by atoms with Crippen molar-refractivity contribution in [3.05, 3.63) is 28.8 Å². The highest BCUT2D eigenvalue weighted by Crippen LogP contribution is 2.31. The molecule has 0 radical (unpaired) electrons. The summed E-state index contributed by atoms with van der Waals surface area (Å²) in [6.07, 6.45) is 6.45. The quantitative estimate of drug-likeness (QED) is 0.542. The normalized spacial score (nSPS) is 19.1. The molecule has 1 aliphatic heterocycles. The van der Waals surface area contributed by atoms with E-state index in [0.29, 0.717) is 28.8 Å². The molecule has 162 valence electrons. The Kier molecular flexibility index (Phi) is 9.74. The van der Waals surface area contributed by atoms with Gasteiger partial charge < -0.3 is 14.4 Å². The predicted octanol–water partition coefficient (Wildman–Crippen LogP) is 5.36. The number of carbonyl (C=O) groups is 2. The van der Waals surface area contributed by atoms with Gasteiger partial charge in [0.15, 0.2) is 0 Å². The van der Waals surface area contributed by atoms with Gasteiger partial charge in [0.05, 0.1) is 17.2 Å². The van der Waals surface area contributed by atoms with E-state index in [4.69, 9.17) is 21.1 Å². The van der Waals surface area contributed by atoms with Crippen molar-refractivity contribution in [2.45, 2.75) is 58.4 Å². The zero-order valence-electron chi connectivity index (χ0n) is 17.7. The van der Waals surface area contributed by atoms with E-state index in [2.05, 4.69) is 19.2 Å². The summed E-state index contributed by atoms with van der Waals surface area (Å²) < 4.78 is 9.81. The predicted molar refractivity (Wildman–Crippen MR) is 116 cm³/mol. The first-order valence-electron chi connectivity index (χ1n) is 10.5. The van der Waals surface area contributed by atoms with E-state index >= 15 is 0 Å². The Morgan fingerprint density at radius 2 is 2.07 bits per heavy atom. The summed E-state index contributed by atoms with van der Waals surface area (Å²) in [4.78, 5) is 26.8. The second kappa shape index (κ2) is 12.0. The van der Waals surface area contributed by atoms with E-state index in [1.165, 1.54) is 39.2 Å². The first kappa shape index (κ1) is 23.5. The van der Waals surface area contributed by atoms with E-state index in [0.717, 1.165) is 13.0 Å². The maximum Gasteiger partial charge on any atom is 0.411 e. The molecule has 1 aromatic rings. The number of carbonyl (C=O) groups excluding carboxylic acids is 2. The molecule has 2 rings (SSSR count). The van der Waals surface area contributed by atoms with Crippen LogP contribution in [0.2, 0.25) is 5.02 Å². The lowest BCUT2D eigenvalue weighted by atomic mass is 9.85. The van der Waals surface area contributed by atoms with Gasteiger partial charge in [-0.3, -0.25) is 10.1 Å². The molecule has 0 spiro atoms. The fourth-order valence-electron chi connectivity index (χ4n) is 3.84. The Labute approximate surface area is 178 Å². The van der Waals surface area contributed by atoms with Crippen LogP contribution in [0.3, 0.4) is 0 Å². The third-order valence-corrected chi connectivity index (χ3v) is 5.87. The largest absolute Gasteiger partial charge is 0.447 e. The number of anilines is 1. The van der Waals surface area contributed by atoms with E-state index in [1.54, 1.807) is 18.2 Å². The molecule has 0 saturated carbocycles. The second-order valence-electron chi connectivity index (χ2n) is 7.59. The first-order valence-corrected chi connectivity index (χ1v) is 10.9. The molecular weight excluding hydrogens is 392 g/mol. The minimum Gasteiger partial charge on any atom is -0.447 e. The van der Waals surface area contributed by atoms with E-state index < -0.39 is 6.09 Å². The van der Waals surface area contributed by atoms with Crippen LogP contribution in [0.5, 0.6) is 0 Å². The van der Waals surface area contributed by atoms with Gasteiger partial charge in [-0.25, -0.2) is 4.79 Å². The van der Waals surface area contributed by atoms with Crippen LogP contribution in [-0.4, -0.2) is 49.8 Å². The smallest absolute Gasteiger partial charge is 0.411 e. The van der Waals surface area contributed by atoms with Gasteiger partial charge in [0.1, 0.15) is 6.61 Å². The van der Waals surface area contributed by atoms with Crippen molar-refractivity contribution in [1.29, 1.82) is 0 Å². The standard InChI is InChI=1S/C22H33ClN2O4/c1-4-5-6-8-17-9-7-12-25(16(17)2)21(26)19-11-10-18(15-20(19)23)24-22(27)29-14-13-28-3/h10-11,15-17H,4-9,12-14H2,1-3H3,(H,24,27). The third kappa shape index (κ3) is 6.89. The number of piperidine rings is 1. The zero-order valence-corrected chi connectivity index (χ0v) is 18.5. The fraction of sp³-hybridized carbons (Fsp3) is 0.636. The Balaban J connectivity index is 2.00. The number of hydrogen-bond donors (Lipinski definition) is 1. The summed E-state index contributed by atoms with van der Waals surface area (Å²) in [6, 6.07) is 5.13. The summed E-state index contributed by atoms with van der Waals surface area (Å²) in [5, 5.41) is 2.93. The van der Waals surface area contributed by atoms with Crippen molar-refractivity contribution >= 4 is 29.3 Å². The molecule has 2 atom stereocenters. The number of nitrogens with one attached hydrogen (secondary N) is 1. The van der Waals surface area contributed by atoms with Crippen LogP contribution >= 0.6 is 11.6 Å². The Morgan fingerprint density at radius 1 is 1.28 bits per heavy atom. The molecule has 0 aliphatic carbocycles. The summed E-state index contributed by atoms with van der Waals surface area (Å²) in [5.74, 6) is 0.498. The molecule has 2 unspecified atom stereocenters. The number of hydrogen-bond acceptors (Lipinski definition) is 4. The third-order valence-electron chi connectivity index (χ3n) is 5.55. The zero-order chi connectivity index (χ0) is 21.2. The molecule has 7 heteroatoms. The molecule has 0 aromatic heterocycles. The van der Waals surface area contributed by atoms with Gasteiger partial charge in [-0.15, -0.1) is 0 Å². The molecule has 1 aliphatic rings. The number of likely N-dealkylation sites (tertiary alicyclic amines) is 1. The average molecular weight is 425 g/mol. The van der Waals surface area contributed by atoms with E-state index in [1.807, 2.05) is 4.90 Å². The summed E-state index contributed by atoms with van der Waals surface area (Å²) in [5.41, 5.74) is 0.948. The minimum absolute atomic E-state index is 0.0445. The molecule has 1 N–H and O–H groups in total. The van der Waals surface area contributed by atoms with Crippen molar-refractivity contribution in [2.24, 2.45) is 5.92 Å². The maximum absolute atomic E-state index is 13.1. The van der Waals surface area contributed by atoms with Crippen LogP contribution in [-0.2, 0) is 9.47 Å². The second-order valence-corrected chi connectivity index (χ2v) is 7.99. The lowest BCUT2D eigenvalue weighted by Gasteiger charge is -2.40. The summed E-state index contributed by atoms with van der Waals surface area (Å²) in [6.45, 7) is 5.61. The van der Waals surface area contributed by atoms with Gasteiger partial charge in [0.25, 0.3) is 5.91 Å². The number of unbranched alkanes of at least 4 members (excludes halogenated alkanes) is 2. The van der Waals surface area contributed by atoms with Crippen molar-refractivity contribution in [1.82, 2.24) is 4.90 Å². The van der Waals surface area contributed by atoms with Crippen LogP contribution in [0, 0.1) is 5.92 Å². The fourth-order valence-corrected chi connectivity index (χ4v) is 4.11. The average Bonchev–Trinajstić information content (AvgIpc) is 2.69. The molecule has 1 aromatic carbocycles. The molecule has 6 nitrogen and oxygen atoms in total. The number of halogens is 1. The lowest BCUT2D eigenvalue weighted by molar-refractivity contribution is 0.0516. The van der Waals surface area contributed by atoms with Gasteiger partial charge in [0, 0.05) is 25.4 Å².